The highest BCUT2D eigenvalue weighted by molar-refractivity contribution is 7.26. The van der Waals surface area contributed by atoms with Crippen molar-refractivity contribution in [2.24, 2.45) is 0 Å². The van der Waals surface area contributed by atoms with E-state index in [0.717, 1.165) is 22.1 Å². The molecule has 0 bridgehead atoms. The van der Waals surface area contributed by atoms with Gasteiger partial charge in [0.15, 0.2) is 17.5 Å². The summed E-state index contributed by atoms with van der Waals surface area (Å²) in [5, 5.41) is 7.44. The minimum atomic E-state index is 0.670. The average Bonchev–Trinajstić information content (AvgIpc) is 3.40. The first-order chi connectivity index (χ1) is 19.3. The Morgan fingerprint density at radius 3 is 1.69 bits per heavy atom. The Morgan fingerprint density at radius 1 is 0.436 bits per heavy atom. The molecule has 182 valence electrons. The Kier molecular flexibility index (Phi) is 5.00. The van der Waals surface area contributed by atoms with E-state index < -0.39 is 0 Å². The number of hydrogen-bond acceptors (Lipinski definition) is 4. The van der Waals surface area contributed by atoms with Gasteiger partial charge in [0.2, 0.25) is 0 Å². The number of benzene rings is 6. The van der Waals surface area contributed by atoms with Crippen molar-refractivity contribution in [2.75, 3.05) is 0 Å². The van der Waals surface area contributed by atoms with Gasteiger partial charge in [0.1, 0.15) is 0 Å². The third kappa shape index (κ3) is 3.61. The minimum Gasteiger partial charge on any atom is -0.208 e. The van der Waals surface area contributed by atoms with Crippen molar-refractivity contribution in [3.8, 4) is 34.2 Å². The lowest BCUT2D eigenvalue weighted by molar-refractivity contribution is 1.08. The maximum Gasteiger partial charge on any atom is 0.164 e. The van der Waals surface area contributed by atoms with Gasteiger partial charge in [-0.2, -0.15) is 0 Å². The lowest BCUT2D eigenvalue weighted by Crippen LogP contribution is -2.00. The van der Waals surface area contributed by atoms with Crippen LogP contribution in [0.1, 0.15) is 0 Å². The summed E-state index contributed by atoms with van der Waals surface area (Å²) in [5.74, 6) is 2.02. The van der Waals surface area contributed by atoms with E-state index in [1.807, 2.05) is 72.0 Å². The van der Waals surface area contributed by atoms with Crippen LogP contribution in [0.3, 0.4) is 0 Å². The minimum absolute atomic E-state index is 0.670. The Morgan fingerprint density at radius 2 is 1.00 bits per heavy atom. The standard InChI is InChI=1S/C35H21N3S/c1-3-11-22(12-4-1)33-36-34(23-13-5-2-6-14-23)38-35(37-33)29-21-24-19-20-28-26-16-9-10-18-30(26)39-32(28)31(24)27-17-8-7-15-25(27)29/h1-21H. The second-order valence-electron chi connectivity index (χ2n) is 9.65. The summed E-state index contributed by atoms with van der Waals surface area (Å²) >= 11 is 1.87. The van der Waals surface area contributed by atoms with Gasteiger partial charge in [0.05, 0.1) is 0 Å². The molecule has 0 atom stereocenters. The topological polar surface area (TPSA) is 38.7 Å². The van der Waals surface area contributed by atoms with Gasteiger partial charge in [-0.05, 0) is 28.3 Å². The van der Waals surface area contributed by atoms with Crippen molar-refractivity contribution in [1.82, 2.24) is 15.0 Å². The molecule has 8 aromatic rings. The van der Waals surface area contributed by atoms with Crippen molar-refractivity contribution < 1.29 is 0 Å². The fraction of sp³-hybridized carbons (Fsp3) is 0. The van der Waals surface area contributed by atoms with E-state index in [2.05, 4.69) is 66.7 Å². The van der Waals surface area contributed by atoms with Crippen LogP contribution in [0.15, 0.2) is 127 Å². The zero-order valence-corrected chi connectivity index (χ0v) is 21.7. The van der Waals surface area contributed by atoms with Crippen molar-refractivity contribution in [3.05, 3.63) is 127 Å². The Balaban J connectivity index is 1.45. The monoisotopic (exact) mass is 515 g/mol. The molecule has 0 saturated heterocycles. The lowest BCUT2D eigenvalue weighted by Gasteiger charge is -2.13. The fourth-order valence-corrected chi connectivity index (χ4v) is 6.76. The Bertz CT molecular complexity index is 2110. The van der Waals surface area contributed by atoms with E-state index >= 15 is 0 Å². The van der Waals surface area contributed by atoms with Gasteiger partial charge in [-0.15, -0.1) is 11.3 Å². The summed E-state index contributed by atoms with van der Waals surface area (Å²) in [4.78, 5) is 15.0. The summed E-state index contributed by atoms with van der Waals surface area (Å²) in [6.45, 7) is 0. The van der Waals surface area contributed by atoms with Gasteiger partial charge in [0, 0.05) is 42.2 Å². The highest BCUT2D eigenvalue weighted by Crippen LogP contribution is 2.43. The van der Waals surface area contributed by atoms with Crippen LogP contribution < -0.4 is 0 Å². The van der Waals surface area contributed by atoms with Crippen LogP contribution in [0, 0.1) is 0 Å². The molecule has 0 saturated carbocycles. The molecule has 0 fully saturated rings. The molecule has 0 aliphatic heterocycles. The second-order valence-corrected chi connectivity index (χ2v) is 10.7. The van der Waals surface area contributed by atoms with Crippen molar-refractivity contribution in [1.29, 1.82) is 0 Å². The molecule has 0 unspecified atom stereocenters. The quantitative estimate of drug-likeness (QED) is 0.220. The summed E-state index contributed by atoms with van der Waals surface area (Å²) in [6, 6.07) is 44.3. The van der Waals surface area contributed by atoms with Crippen LogP contribution in [0.2, 0.25) is 0 Å². The van der Waals surface area contributed by atoms with Gasteiger partial charge < -0.3 is 0 Å². The van der Waals surface area contributed by atoms with E-state index in [0.29, 0.717) is 17.5 Å². The fourth-order valence-electron chi connectivity index (χ4n) is 5.49. The average molecular weight is 516 g/mol. The number of fused-ring (bicyclic) bond motifs is 7. The molecule has 0 radical (unpaired) electrons. The molecular weight excluding hydrogens is 494 g/mol. The predicted octanol–water partition coefficient (Wildman–Crippen LogP) is 9.55. The SMILES string of the molecule is c1ccc(-c2nc(-c3ccccc3)nc(-c3cc4ccc5c6ccccc6sc5c4c4ccccc34)n2)cc1. The molecule has 3 nitrogen and oxygen atoms in total. The van der Waals surface area contributed by atoms with E-state index in [1.54, 1.807) is 0 Å². The summed E-state index contributed by atoms with van der Waals surface area (Å²) in [6.07, 6.45) is 0. The first-order valence-corrected chi connectivity index (χ1v) is 13.8. The molecule has 2 heterocycles. The maximum absolute atomic E-state index is 5.03. The normalized spacial score (nSPS) is 11.6. The maximum atomic E-state index is 5.03. The number of hydrogen-bond donors (Lipinski definition) is 0. The van der Waals surface area contributed by atoms with Crippen molar-refractivity contribution in [2.45, 2.75) is 0 Å². The zero-order valence-electron chi connectivity index (χ0n) is 20.9. The van der Waals surface area contributed by atoms with Gasteiger partial charge >= 0.3 is 0 Å². The molecular formula is C35H21N3S. The number of nitrogens with zero attached hydrogens (tertiary/aromatic N) is 3. The van der Waals surface area contributed by atoms with Crippen LogP contribution >= 0.6 is 11.3 Å². The molecule has 0 aliphatic carbocycles. The first kappa shape index (κ1) is 22.1. The van der Waals surface area contributed by atoms with Gasteiger partial charge in [0.25, 0.3) is 0 Å². The van der Waals surface area contributed by atoms with Crippen molar-refractivity contribution in [3.63, 3.8) is 0 Å². The molecule has 0 N–H and O–H groups in total. The first-order valence-electron chi connectivity index (χ1n) is 13.0. The molecule has 4 heteroatoms. The van der Waals surface area contributed by atoms with Crippen molar-refractivity contribution >= 4 is 53.1 Å². The van der Waals surface area contributed by atoms with Gasteiger partial charge in [-0.1, -0.05) is 115 Å². The smallest absolute Gasteiger partial charge is 0.164 e. The molecule has 0 amide bonds. The van der Waals surface area contributed by atoms with E-state index in [-0.39, 0.29) is 0 Å². The number of aromatic nitrogens is 3. The highest BCUT2D eigenvalue weighted by Gasteiger charge is 2.17. The van der Waals surface area contributed by atoms with E-state index in [9.17, 15) is 0 Å². The molecule has 0 aliphatic rings. The molecule has 8 rings (SSSR count). The largest absolute Gasteiger partial charge is 0.208 e. The number of rotatable bonds is 3. The molecule has 2 aromatic heterocycles. The molecule has 0 spiro atoms. The zero-order chi connectivity index (χ0) is 25.8. The van der Waals surface area contributed by atoms with Gasteiger partial charge in [-0.3, -0.25) is 0 Å². The lowest BCUT2D eigenvalue weighted by atomic mass is 9.95. The summed E-state index contributed by atoms with van der Waals surface area (Å²) < 4.78 is 2.63. The Hall–Kier alpha value is -4.93. The third-order valence-electron chi connectivity index (χ3n) is 7.31. The summed E-state index contributed by atoms with van der Waals surface area (Å²) in [5.41, 5.74) is 2.95. The van der Waals surface area contributed by atoms with Crippen LogP contribution in [-0.4, -0.2) is 15.0 Å². The molecule has 6 aromatic carbocycles. The van der Waals surface area contributed by atoms with Crippen LogP contribution in [0.5, 0.6) is 0 Å². The van der Waals surface area contributed by atoms with E-state index in [4.69, 9.17) is 15.0 Å². The van der Waals surface area contributed by atoms with Gasteiger partial charge in [-0.25, -0.2) is 15.0 Å². The molecule has 39 heavy (non-hydrogen) atoms. The van der Waals surface area contributed by atoms with Crippen LogP contribution in [0.4, 0.5) is 0 Å². The Labute approximate surface area is 229 Å². The van der Waals surface area contributed by atoms with Crippen LogP contribution in [0.25, 0.3) is 75.9 Å². The predicted molar refractivity (Wildman–Crippen MR) is 164 cm³/mol. The van der Waals surface area contributed by atoms with E-state index in [1.165, 1.54) is 36.3 Å². The summed E-state index contributed by atoms with van der Waals surface area (Å²) in [7, 11) is 0. The third-order valence-corrected chi connectivity index (χ3v) is 8.51. The van der Waals surface area contributed by atoms with Crippen LogP contribution in [-0.2, 0) is 0 Å². The highest BCUT2D eigenvalue weighted by atomic mass is 32.1. The second kappa shape index (κ2) is 8.83. The number of thiophene rings is 1.